The van der Waals surface area contributed by atoms with Gasteiger partial charge in [-0.25, -0.2) is 9.97 Å². The van der Waals surface area contributed by atoms with Gasteiger partial charge in [0.1, 0.15) is 5.75 Å². The van der Waals surface area contributed by atoms with Crippen LogP contribution in [0.5, 0.6) is 5.75 Å². The third kappa shape index (κ3) is 4.77. The lowest BCUT2D eigenvalue weighted by molar-refractivity contribution is -0.118. The molecular weight excluding hydrogens is 408 g/mol. The molecule has 2 aromatic heterocycles. The van der Waals surface area contributed by atoms with Crippen molar-refractivity contribution in [3.05, 3.63) is 71.8 Å². The first-order chi connectivity index (χ1) is 15.0. The molecule has 0 N–H and O–H groups in total. The Bertz CT molecular complexity index is 1130. The lowest BCUT2D eigenvalue weighted by atomic mass is 10.1. The zero-order valence-electron chi connectivity index (χ0n) is 18.0. The summed E-state index contributed by atoms with van der Waals surface area (Å²) in [4.78, 5) is 24.1. The highest BCUT2D eigenvalue weighted by molar-refractivity contribution is 7.22. The minimum atomic E-state index is 0.0464. The number of aryl methyl sites for hydroxylation is 3. The lowest BCUT2D eigenvalue weighted by Crippen LogP contribution is -2.33. The quantitative estimate of drug-likeness (QED) is 0.400. The molecule has 0 aliphatic rings. The second kappa shape index (κ2) is 9.31. The molecule has 31 heavy (non-hydrogen) atoms. The molecule has 0 bridgehead atoms. The second-order valence-corrected chi connectivity index (χ2v) is 8.58. The van der Waals surface area contributed by atoms with Crippen LogP contribution in [0.3, 0.4) is 0 Å². The number of amides is 1. The average Bonchev–Trinajstić information content (AvgIpc) is 3.45. The van der Waals surface area contributed by atoms with E-state index in [1.54, 1.807) is 31.0 Å². The maximum absolute atomic E-state index is 13.3. The Morgan fingerprint density at radius 3 is 2.58 bits per heavy atom. The molecule has 0 aliphatic carbocycles. The summed E-state index contributed by atoms with van der Waals surface area (Å²) in [5, 5.41) is 0.761. The number of anilines is 1. The third-order valence-electron chi connectivity index (χ3n) is 5.33. The fourth-order valence-corrected chi connectivity index (χ4v) is 4.69. The van der Waals surface area contributed by atoms with Crippen molar-refractivity contribution in [1.82, 2.24) is 14.5 Å². The predicted molar refractivity (Wildman–Crippen MR) is 125 cm³/mol. The summed E-state index contributed by atoms with van der Waals surface area (Å²) in [5.41, 5.74) is 4.25. The highest BCUT2D eigenvalue weighted by Gasteiger charge is 2.21. The number of thiazole rings is 1. The van der Waals surface area contributed by atoms with Crippen molar-refractivity contribution in [2.24, 2.45) is 0 Å². The number of hydrogen-bond acceptors (Lipinski definition) is 5. The summed E-state index contributed by atoms with van der Waals surface area (Å²) < 4.78 is 8.40. The molecule has 0 aliphatic heterocycles. The number of imidazole rings is 1. The Morgan fingerprint density at radius 1 is 1.13 bits per heavy atom. The Labute approximate surface area is 186 Å². The molecule has 7 heteroatoms. The highest BCUT2D eigenvalue weighted by atomic mass is 32.1. The van der Waals surface area contributed by atoms with Gasteiger partial charge < -0.3 is 9.30 Å². The van der Waals surface area contributed by atoms with Crippen molar-refractivity contribution in [3.8, 4) is 5.75 Å². The molecule has 0 saturated heterocycles. The molecule has 0 atom stereocenters. The zero-order valence-corrected chi connectivity index (χ0v) is 18.9. The van der Waals surface area contributed by atoms with E-state index >= 15 is 0 Å². The summed E-state index contributed by atoms with van der Waals surface area (Å²) in [6.07, 6.45) is 6.65. The maximum Gasteiger partial charge on any atom is 0.233 e. The first-order valence-corrected chi connectivity index (χ1v) is 11.1. The smallest absolute Gasteiger partial charge is 0.233 e. The van der Waals surface area contributed by atoms with Crippen molar-refractivity contribution in [1.29, 1.82) is 0 Å². The fourth-order valence-electron chi connectivity index (χ4n) is 3.53. The van der Waals surface area contributed by atoms with Gasteiger partial charge in [0.05, 0.1) is 30.1 Å². The van der Waals surface area contributed by atoms with E-state index in [4.69, 9.17) is 9.72 Å². The number of hydrogen-bond donors (Lipinski definition) is 0. The van der Waals surface area contributed by atoms with Crippen LogP contribution in [0.1, 0.15) is 23.1 Å². The van der Waals surface area contributed by atoms with Crippen LogP contribution in [0.2, 0.25) is 0 Å². The summed E-state index contributed by atoms with van der Waals surface area (Å²) in [6.45, 7) is 5.56. The van der Waals surface area contributed by atoms with Gasteiger partial charge in [0.2, 0.25) is 5.91 Å². The molecule has 2 heterocycles. The van der Waals surface area contributed by atoms with Gasteiger partial charge >= 0.3 is 0 Å². The first kappa shape index (κ1) is 21.1. The zero-order chi connectivity index (χ0) is 21.8. The molecule has 2 aromatic carbocycles. The van der Waals surface area contributed by atoms with E-state index < -0.39 is 0 Å². The number of ether oxygens (including phenoxy) is 1. The molecule has 1 amide bonds. The Balaban J connectivity index is 1.59. The molecular formula is C24H26N4O2S. The summed E-state index contributed by atoms with van der Waals surface area (Å²) in [7, 11) is 1.64. The number of rotatable bonds is 8. The monoisotopic (exact) mass is 434 g/mol. The van der Waals surface area contributed by atoms with E-state index in [0.29, 0.717) is 13.0 Å². The summed E-state index contributed by atoms with van der Waals surface area (Å²) in [6, 6.07) is 11.8. The third-order valence-corrected chi connectivity index (χ3v) is 6.55. The number of aromatic nitrogens is 3. The Morgan fingerprint density at radius 2 is 1.90 bits per heavy atom. The summed E-state index contributed by atoms with van der Waals surface area (Å²) in [5.74, 6) is 0.829. The highest BCUT2D eigenvalue weighted by Crippen LogP contribution is 2.33. The van der Waals surface area contributed by atoms with E-state index in [9.17, 15) is 4.79 Å². The standard InChI is InChI=1S/C24H26N4O2S/c1-17-5-6-18(2)23-22(17)26-24(31-23)28(13-4-12-27-14-11-25-16-27)21(29)15-19-7-9-20(30-3)10-8-19/h5-11,14,16H,4,12-13,15H2,1-3H3. The van der Waals surface area contributed by atoms with Gasteiger partial charge in [-0.15, -0.1) is 0 Å². The molecule has 0 unspecified atom stereocenters. The van der Waals surface area contributed by atoms with E-state index in [1.165, 1.54) is 5.56 Å². The van der Waals surface area contributed by atoms with Crippen LogP contribution in [0.4, 0.5) is 5.13 Å². The first-order valence-electron chi connectivity index (χ1n) is 10.3. The Kier molecular flexibility index (Phi) is 6.32. The van der Waals surface area contributed by atoms with Crippen LogP contribution in [0, 0.1) is 13.8 Å². The fraction of sp³-hybridized carbons (Fsp3) is 0.292. The van der Waals surface area contributed by atoms with Gasteiger partial charge in [0.25, 0.3) is 0 Å². The number of methoxy groups -OCH3 is 1. The van der Waals surface area contributed by atoms with Crippen molar-refractivity contribution >= 4 is 32.6 Å². The largest absolute Gasteiger partial charge is 0.497 e. The van der Waals surface area contributed by atoms with Crippen LogP contribution < -0.4 is 9.64 Å². The minimum absolute atomic E-state index is 0.0464. The van der Waals surface area contributed by atoms with Crippen molar-refractivity contribution in [2.75, 3.05) is 18.6 Å². The van der Waals surface area contributed by atoms with E-state index in [1.807, 2.05) is 39.9 Å². The van der Waals surface area contributed by atoms with E-state index in [-0.39, 0.29) is 5.91 Å². The average molecular weight is 435 g/mol. The number of benzene rings is 2. The number of carbonyl (C=O) groups is 1. The predicted octanol–water partition coefficient (Wildman–Crippen LogP) is 4.78. The SMILES string of the molecule is COc1ccc(CC(=O)N(CCCn2ccnc2)c2nc3c(C)ccc(C)c3s2)cc1. The molecule has 6 nitrogen and oxygen atoms in total. The van der Waals surface area contributed by atoms with Crippen LogP contribution in [-0.4, -0.2) is 34.1 Å². The number of nitrogens with zero attached hydrogens (tertiary/aromatic N) is 4. The van der Waals surface area contributed by atoms with Crippen molar-refractivity contribution < 1.29 is 9.53 Å². The lowest BCUT2D eigenvalue weighted by Gasteiger charge is -2.20. The molecule has 0 radical (unpaired) electrons. The maximum atomic E-state index is 13.3. The number of fused-ring (bicyclic) bond motifs is 1. The molecule has 4 rings (SSSR count). The minimum Gasteiger partial charge on any atom is -0.497 e. The van der Waals surface area contributed by atoms with Gasteiger partial charge in [-0.05, 0) is 49.1 Å². The van der Waals surface area contributed by atoms with Crippen LogP contribution >= 0.6 is 11.3 Å². The van der Waals surface area contributed by atoms with Crippen molar-refractivity contribution in [2.45, 2.75) is 33.2 Å². The van der Waals surface area contributed by atoms with Crippen LogP contribution in [0.25, 0.3) is 10.2 Å². The molecule has 160 valence electrons. The Hall–Kier alpha value is -3.19. The van der Waals surface area contributed by atoms with Crippen LogP contribution in [-0.2, 0) is 17.8 Å². The molecule has 4 aromatic rings. The van der Waals surface area contributed by atoms with Gasteiger partial charge in [-0.1, -0.05) is 35.6 Å². The number of carbonyl (C=O) groups excluding carboxylic acids is 1. The van der Waals surface area contributed by atoms with E-state index in [2.05, 4.69) is 31.0 Å². The normalized spacial score (nSPS) is 11.1. The van der Waals surface area contributed by atoms with Gasteiger partial charge in [-0.2, -0.15) is 0 Å². The molecule has 0 fully saturated rings. The van der Waals surface area contributed by atoms with Crippen molar-refractivity contribution in [3.63, 3.8) is 0 Å². The molecule has 0 saturated carbocycles. The van der Waals surface area contributed by atoms with Gasteiger partial charge in [0, 0.05) is 25.5 Å². The second-order valence-electron chi connectivity index (χ2n) is 7.60. The van der Waals surface area contributed by atoms with E-state index in [0.717, 1.165) is 45.2 Å². The van der Waals surface area contributed by atoms with Gasteiger partial charge in [0.15, 0.2) is 5.13 Å². The molecule has 0 spiro atoms. The van der Waals surface area contributed by atoms with Crippen LogP contribution in [0.15, 0.2) is 55.1 Å². The topological polar surface area (TPSA) is 60.2 Å². The summed E-state index contributed by atoms with van der Waals surface area (Å²) >= 11 is 1.59. The van der Waals surface area contributed by atoms with Gasteiger partial charge in [-0.3, -0.25) is 9.69 Å².